The highest BCUT2D eigenvalue weighted by molar-refractivity contribution is 9.10. The van der Waals surface area contributed by atoms with Gasteiger partial charge in [0.05, 0.1) is 6.54 Å². The Hall–Kier alpha value is -1.86. The third-order valence-electron chi connectivity index (χ3n) is 3.19. The van der Waals surface area contributed by atoms with E-state index in [-0.39, 0.29) is 0 Å². The molecule has 0 radical (unpaired) electrons. The molecule has 108 valence electrons. The zero-order chi connectivity index (χ0) is 15.1. The Labute approximate surface area is 132 Å². The number of benzene rings is 1. The van der Waals surface area contributed by atoms with E-state index >= 15 is 0 Å². The minimum Gasteiger partial charge on any atom is -0.308 e. The lowest BCUT2D eigenvalue weighted by atomic mass is 10.2. The highest BCUT2D eigenvalue weighted by Crippen LogP contribution is 2.19. The van der Waals surface area contributed by atoms with Crippen molar-refractivity contribution in [3.63, 3.8) is 0 Å². The van der Waals surface area contributed by atoms with Gasteiger partial charge in [-0.15, -0.1) is 0 Å². The molecular weight excluding hydrogens is 360 g/mol. The van der Waals surface area contributed by atoms with Crippen LogP contribution in [0.5, 0.6) is 0 Å². The van der Waals surface area contributed by atoms with Crippen molar-refractivity contribution in [1.29, 1.82) is 0 Å². The largest absolute Gasteiger partial charge is 0.329 e. The van der Waals surface area contributed by atoms with Gasteiger partial charge in [-0.2, -0.15) is 0 Å². The summed E-state index contributed by atoms with van der Waals surface area (Å²) in [4.78, 5) is 30.2. The number of fused-ring (bicyclic) bond motifs is 1. The molecule has 2 heterocycles. The van der Waals surface area contributed by atoms with Gasteiger partial charge in [-0.1, -0.05) is 23.7 Å². The van der Waals surface area contributed by atoms with Gasteiger partial charge < -0.3 is 4.57 Å². The van der Waals surface area contributed by atoms with Crippen LogP contribution in [0.4, 0.5) is 0 Å². The Kier molecular flexibility index (Phi) is 3.46. The van der Waals surface area contributed by atoms with E-state index < -0.39 is 11.2 Å². The predicted octanol–water partition coefficient (Wildman–Crippen LogP) is 1.89. The molecule has 0 aliphatic carbocycles. The first-order valence-electron chi connectivity index (χ1n) is 6.07. The minimum atomic E-state index is -0.493. The smallest absolute Gasteiger partial charge is 0.308 e. The number of rotatable bonds is 2. The monoisotopic (exact) mass is 368 g/mol. The van der Waals surface area contributed by atoms with Crippen LogP contribution in [0.25, 0.3) is 11.2 Å². The van der Waals surface area contributed by atoms with Crippen LogP contribution in [0.3, 0.4) is 0 Å². The second-order valence-corrected chi connectivity index (χ2v) is 5.73. The topological polar surface area (TPSA) is 72.7 Å². The van der Waals surface area contributed by atoms with Crippen molar-refractivity contribution in [2.24, 2.45) is 7.05 Å². The second kappa shape index (κ2) is 5.16. The summed E-state index contributed by atoms with van der Waals surface area (Å²) in [7, 11) is 1.56. The van der Waals surface area contributed by atoms with Gasteiger partial charge in [0.1, 0.15) is 0 Å². The van der Waals surface area contributed by atoms with Crippen molar-refractivity contribution in [3.05, 3.63) is 60.4 Å². The lowest BCUT2D eigenvalue weighted by molar-refractivity contribution is 0.791. The van der Waals surface area contributed by atoms with Gasteiger partial charge in [-0.25, -0.2) is 9.78 Å². The first-order chi connectivity index (χ1) is 9.97. The van der Waals surface area contributed by atoms with Gasteiger partial charge in [-0.3, -0.25) is 14.3 Å². The fourth-order valence-corrected chi connectivity index (χ4v) is 2.85. The van der Waals surface area contributed by atoms with Crippen LogP contribution in [0.15, 0.2) is 38.6 Å². The molecule has 3 aromatic rings. The number of aromatic nitrogens is 4. The average molecular weight is 370 g/mol. The zero-order valence-electron chi connectivity index (χ0n) is 10.9. The van der Waals surface area contributed by atoms with Crippen LogP contribution in [-0.4, -0.2) is 19.1 Å². The molecule has 0 unspecified atom stereocenters. The first-order valence-corrected chi connectivity index (χ1v) is 7.24. The molecular formula is C13H10BrClN4O2. The maximum atomic E-state index is 12.1. The third kappa shape index (κ3) is 2.43. The van der Waals surface area contributed by atoms with E-state index in [0.29, 0.717) is 27.5 Å². The predicted molar refractivity (Wildman–Crippen MR) is 83.8 cm³/mol. The third-order valence-corrected chi connectivity index (χ3v) is 4.03. The summed E-state index contributed by atoms with van der Waals surface area (Å²) in [6, 6.07) is 7.34. The second-order valence-electron chi connectivity index (χ2n) is 4.59. The van der Waals surface area contributed by atoms with E-state index in [1.165, 1.54) is 4.57 Å². The molecule has 1 N–H and O–H groups in total. The van der Waals surface area contributed by atoms with Crippen LogP contribution in [0, 0.1) is 0 Å². The van der Waals surface area contributed by atoms with Crippen molar-refractivity contribution >= 4 is 38.7 Å². The van der Waals surface area contributed by atoms with Crippen LogP contribution in [-0.2, 0) is 13.6 Å². The van der Waals surface area contributed by atoms with Crippen LogP contribution in [0.2, 0.25) is 5.02 Å². The minimum absolute atomic E-state index is 0.331. The highest BCUT2D eigenvalue weighted by Gasteiger charge is 2.15. The van der Waals surface area contributed by atoms with Crippen molar-refractivity contribution < 1.29 is 0 Å². The molecule has 0 aliphatic heterocycles. The molecule has 0 fully saturated rings. The van der Waals surface area contributed by atoms with Gasteiger partial charge in [0, 0.05) is 12.1 Å². The molecule has 0 saturated carbocycles. The summed E-state index contributed by atoms with van der Waals surface area (Å²) in [5, 5.41) is 0.620. The van der Waals surface area contributed by atoms with Crippen molar-refractivity contribution in [1.82, 2.24) is 19.1 Å². The van der Waals surface area contributed by atoms with Crippen LogP contribution in [0.1, 0.15) is 5.56 Å². The summed E-state index contributed by atoms with van der Waals surface area (Å²) in [6.07, 6.45) is 0. The van der Waals surface area contributed by atoms with Crippen molar-refractivity contribution in [2.45, 2.75) is 6.54 Å². The summed E-state index contributed by atoms with van der Waals surface area (Å²) in [6.45, 7) is 0.416. The fraction of sp³-hybridized carbons (Fsp3) is 0.154. The van der Waals surface area contributed by atoms with E-state index in [1.807, 2.05) is 18.2 Å². The van der Waals surface area contributed by atoms with Gasteiger partial charge in [0.2, 0.25) is 0 Å². The van der Waals surface area contributed by atoms with Crippen molar-refractivity contribution in [2.75, 3.05) is 0 Å². The van der Waals surface area contributed by atoms with Crippen LogP contribution >= 0.6 is 27.5 Å². The lowest BCUT2D eigenvalue weighted by Crippen LogP contribution is -2.29. The molecule has 8 heteroatoms. The first kappa shape index (κ1) is 14.1. The normalized spacial score (nSPS) is 11.2. The van der Waals surface area contributed by atoms with Gasteiger partial charge >= 0.3 is 5.69 Å². The number of hydrogen-bond donors (Lipinski definition) is 1. The molecule has 6 nitrogen and oxygen atoms in total. The SMILES string of the molecule is Cn1c(=O)[nH]c(=O)c2c1nc(Br)n2Cc1cccc(Cl)c1. The number of aryl methyl sites for hydroxylation is 1. The number of nitrogens with one attached hydrogen (secondary N) is 1. The van der Waals surface area contributed by atoms with Crippen molar-refractivity contribution in [3.8, 4) is 0 Å². The fourth-order valence-electron chi connectivity index (χ4n) is 2.17. The molecule has 1 aromatic carbocycles. The Morgan fingerprint density at radius 2 is 2.14 bits per heavy atom. The zero-order valence-corrected chi connectivity index (χ0v) is 13.3. The quantitative estimate of drug-likeness (QED) is 0.701. The number of aromatic amines is 1. The molecule has 0 bridgehead atoms. The Morgan fingerprint density at radius 1 is 1.38 bits per heavy atom. The Morgan fingerprint density at radius 3 is 2.86 bits per heavy atom. The average Bonchev–Trinajstić information content (AvgIpc) is 2.74. The Balaban J connectivity index is 2.24. The summed E-state index contributed by atoms with van der Waals surface area (Å²) in [5.41, 5.74) is 0.637. The van der Waals surface area contributed by atoms with E-state index in [0.717, 1.165) is 5.56 Å². The van der Waals surface area contributed by atoms with E-state index in [4.69, 9.17) is 11.6 Å². The van der Waals surface area contributed by atoms with Gasteiger partial charge in [0.15, 0.2) is 15.9 Å². The van der Waals surface area contributed by atoms with Crippen LogP contribution < -0.4 is 11.2 Å². The summed E-state index contributed by atoms with van der Waals surface area (Å²) in [5.74, 6) is 0. The Bertz CT molecular complexity index is 957. The molecule has 21 heavy (non-hydrogen) atoms. The molecule has 0 atom stereocenters. The van der Waals surface area contributed by atoms with Gasteiger partial charge in [0.25, 0.3) is 5.56 Å². The number of halogens is 2. The molecule has 0 saturated heterocycles. The number of hydrogen-bond acceptors (Lipinski definition) is 3. The summed E-state index contributed by atoms with van der Waals surface area (Å²) < 4.78 is 3.47. The molecule has 0 spiro atoms. The standard InChI is InChI=1S/C13H10BrClN4O2/c1-18-10-9(11(20)17-13(18)21)19(12(14)16-10)6-7-3-2-4-8(15)5-7/h2-5H,6H2,1H3,(H,17,20,21). The van der Waals surface area contributed by atoms with E-state index in [9.17, 15) is 9.59 Å². The lowest BCUT2D eigenvalue weighted by Gasteiger charge is -2.06. The number of imidazole rings is 1. The molecule has 0 aliphatic rings. The van der Waals surface area contributed by atoms with Gasteiger partial charge in [-0.05, 0) is 33.6 Å². The van der Waals surface area contributed by atoms with E-state index in [1.54, 1.807) is 17.7 Å². The molecule has 3 rings (SSSR count). The highest BCUT2D eigenvalue weighted by atomic mass is 79.9. The van der Waals surface area contributed by atoms with E-state index in [2.05, 4.69) is 25.9 Å². The number of H-pyrrole nitrogens is 1. The maximum Gasteiger partial charge on any atom is 0.329 e. The molecule has 0 amide bonds. The maximum absolute atomic E-state index is 12.1. The molecule has 2 aromatic heterocycles. The number of nitrogens with zero attached hydrogens (tertiary/aromatic N) is 3. The summed E-state index contributed by atoms with van der Waals surface area (Å²) >= 11 is 9.30.